The van der Waals surface area contributed by atoms with E-state index in [-0.39, 0.29) is 0 Å². The zero-order chi connectivity index (χ0) is 22.2. The van der Waals surface area contributed by atoms with Gasteiger partial charge in [0, 0.05) is 17.8 Å². The third-order valence-corrected chi connectivity index (χ3v) is 4.60. The number of nitrogens with two attached hydrogens (primary N) is 1. The van der Waals surface area contributed by atoms with E-state index in [0.717, 1.165) is 12.2 Å². The molecule has 2 aromatic rings. The molecule has 0 unspecified atom stereocenters. The third kappa shape index (κ3) is 10.3. The van der Waals surface area contributed by atoms with Crippen molar-refractivity contribution in [3.63, 3.8) is 0 Å². The van der Waals surface area contributed by atoms with Gasteiger partial charge >= 0.3 is 0 Å². The number of alkyl halides is 3. The highest BCUT2D eigenvalue weighted by molar-refractivity contribution is 6.31. The first kappa shape index (κ1) is 25.5. The third-order valence-electron chi connectivity index (χ3n) is 4.29. The van der Waals surface area contributed by atoms with E-state index in [1.165, 1.54) is 44.0 Å². The molecule has 162 valence electrons. The Hall–Kier alpha value is -2.49. The van der Waals surface area contributed by atoms with E-state index >= 15 is 0 Å². The highest BCUT2D eigenvalue weighted by Gasteiger charge is 2.09. The van der Waals surface area contributed by atoms with Crippen molar-refractivity contribution >= 4 is 23.6 Å². The van der Waals surface area contributed by atoms with Crippen molar-refractivity contribution < 1.29 is 18.0 Å². The molecule has 2 aromatic carbocycles. The molecule has 30 heavy (non-hydrogen) atoms. The van der Waals surface area contributed by atoms with Crippen LogP contribution in [-0.2, 0) is 18.0 Å². The number of halogens is 4. The topological polar surface area (TPSA) is 46.3 Å². The first-order valence-electron chi connectivity index (χ1n) is 9.52. The second-order valence-corrected chi connectivity index (χ2v) is 6.92. The van der Waals surface area contributed by atoms with Gasteiger partial charge in [-0.2, -0.15) is 0 Å². The van der Waals surface area contributed by atoms with Crippen molar-refractivity contribution in [1.29, 1.82) is 0 Å². The fourth-order valence-electron chi connectivity index (χ4n) is 2.85. The number of hydrogen-bond donors (Lipinski definition) is 1. The van der Waals surface area contributed by atoms with Crippen LogP contribution in [0.3, 0.4) is 0 Å². The molecule has 0 aromatic heterocycles. The number of likely N-dealkylation sites (tertiary alicyclic amines) is 1. The molecule has 3 nitrogen and oxygen atoms in total. The van der Waals surface area contributed by atoms with E-state index in [9.17, 15) is 18.0 Å². The van der Waals surface area contributed by atoms with Crippen LogP contribution < -0.4 is 5.73 Å². The molecule has 1 aliphatic rings. The second kappa shape index (κ2) is 15.4. The van der Waals surface area contributed by atoms with Crippen LogP contribution in [0.4, 0.5) is 18.9 Å². The number of piperidine rings is 1. The van der Waals surface area contributed by atoms with Gasteiger partial charge < -0.3 is 5.73 Å². The van der Waals surface area contributed by atoms with E-state index in [4.69, 9.17) is 17.3 Å². The summed E-state index contributed by atoms with van der Waals surface area (Å²) in [4.78, 5) is 12.5. The number of benzene rings is 2. The average molecular weight is 439 g/mol. The van der Waals surface area contributed by atoms with Gasteiger partial charge in [-0.15, -0.1) is 0 Å². The zero-order valence-electron chi connectivity index (χ0n) is 16.7. The van der Waals surface area contributed by atoms with Gasteiger partial charge in [0.25, 0.3) is 0 Å². The summed E-state index contributed by atoms with van der Waals surface area (Å²) in [5, 5.41) is 0.365. The van der Waals surface area contributed by atoms with E-state index in [1.807, 2.05) is 12.1 Å². The maximum absolute atomic E-state index is 12.1. The van der Waals surface area contributed by atoms with Crippen LogP contribution in [0, 0.1) is 11.8 Å². The monoisotopic (exact) mass is 438 g/mol. The number of nitrogen functional groups attached to an aromatic ring is 1. The maximum Gasteiger partial charge on any atom is 0.229 e. The molecule has 1 aliphatic heterocycles. The Labute approximate surface area is 181 Å². The largest absolute Gasteiger partial charge is 0.399 e. The molecular weight excluding hydrogens is 413 g/mol. The number of anilines is 1. The van der Waals surface area contributed by atoms with E-state index in [1.54, 1.807) is 12.1 Å². The highest BCUT2D eigenvalue weighted by Crippen LogP contribution is 2.17. The molecular formula is C23H26ClF3N2O. The zero-order valence-corrected chi connectivity index (χ0v) is 17.5. The molecule has 0 bridgehead atoms. The van der Waals surface area contributed by atoms with Crippen LogP contribution in [-0.4, -0.2) is 31.2 Å². The molecule has 1 fully saturated rings. The second-order valence-electron chi connectivity index (χ2n) is 6.51. The van der Waals surface area contributed by atoms with Crippen LogP contribution in [0.1, 0.15) is 36.0 Å². The summed E-state index contributed by atoms with van der Waals surface area (Å²) in [7, 11) is 0. The van der Waals surface area contributed by atoms with E-state index in [0.29, 0.717) is 22.4 Å². The summed E-state index contributed by atoms with van der Waals surface area (Å²) >= 11 is 5.76. The number of rotatable bonds is 3. The van der Waals surface area contributed by atoms with Gasteiger partial charge in [0.15, 0.2) is 6.29 Å². The van der Waals surface area contributed by atoms with Gasteiger partial charge in [0.2, 0.25) is 6.93 Å². The van der Waals surface area contributed by atoms with Crippen LogP contribution in [0.2, 0.25) is 5.02 Å². The predicted octanol–water partition coefficient (Wildman–Crippen LogP) is 5.50. The minimum absolute atomic E-state index is 0.365. The van der Waals surface area contributed by atoms with Crippen molar-refractivity contribution in [2.24, 2.45) is 0 Å². The smallest absolute Gasteiger partial charge is 0.229 e. The summed E-state index contributed by atoms with van der Waals surface area (Å²) in [5.74, 6) is 4.78. The van der Waals surface area contributed by atoms with Gasteiger partial charge in [-0.25, -0.2) is 13.2 Å². The van der Waals surface area contributed by atoms with Gasteiger partial charge in [-0.05, 0) is 67.2 Å². The van der Waals surface area contributed by atoms with Crippen molar-refractivity contribution in [1.82, 2.24) is 4.90 Å². The van der Waals surface area contributed by atoms with Crippen molar-refractivity contribution in [3.05, 3.63) is 64.2 Å². The molecule has 0 saturated carbocycles. The molecule has 0 amide bonds. The first-order chi connectivity index (χ1) is 14.5. The molecule has 0 radical (unpaired) electrons. The van der Waals surface area contributed by atoms with Crippen LogP contribution in [0.15, 0.2) is 42.5 Å². The Morgan fingerprint density at radius 3 is 2.13 bits per heavy atom. The molecule has 7 heteroatoms. The fourth-order valence-corrected chi connectivity index (χ4v) is 3.10. The molecule has 2 N–H and O–H groups in total. The Balaban J connectivity index is 0.000000266. The molecule has 3 rings (SSSR count). The molecule has 0 aliphatic carbocycles. The van der Waals surface area contributed by atoms with Gasteiger partial charge in [-0.1, -0.05) is 42.1 Å². The number of aldehydes is 1. The van der Waals surface area contributed by atoms with E-state index < -0.39 is 13.6 Å². The number of carbonyl (C=O) groups excluding carboxylic acids is 1. The summed E-state index contributed by atoms with van der Waals surface area (Å²) in [5.41, 5.74) is 8.91. The number of nitrogens with zero attached hydrogens (tertiary/aromatic N) is 1. The summed E-state index contributed by atoms with van der Waals surface area (Å²) in [6, 6.07) is 12.9. The minimum atomic E-state index is -1.75. The highest BCUT2D eigenvalue weighted by atomic mass is 35.5. The van der Waals surface area contributed by atoms with Crippen molar-refractivity contribution in [2.45, 2.75) is 32.5 Å². The SMILES string of the molecule is FCF.Nc1ccc(CN2CCCCC2)cc1.O=CC#Cc1ccc(CF)cc1Cl. The lowest BCUT2D eigenvalue weighted by Gasteiger charge is -2.26. The first-order valence-corrected chi connectivity index (χ1v) is 9.90. The fraction of sp³-hybridized carbons (Fsp3) is 0.348. The van der Waals surface area contributed by atoms with Crippen LogP contribution in [0.5, 0.6) is 0 Å². The molecule has 1 heterocycles. The van der Waals surface area contributed by atoms with Crippen molar-refractivity contribution in [2.75, 3.05) is 25.8 Å². The average Bonchev–Trinajstić information content (AvgIpc) is 2.76. The summed E-state index contributed by atoms with van der Waals surface area (Å²) in [6.45, 7) is 1.29. The lowest BCUT2D eigenvalue weighted by molar-refractivity contribution is -0.103. The molecule has 0 atom stereocenters. The summed E-state index contributed by atoms with van der Waals surface area (Å²) < 4.78 is 31.4. The lowest BCUT2D eigenvalue weighted by atomic mass is 10.1. The Bertz CT molecular complexity index is 813. The minimum Gasteiger partial charge on any atom is -0.399 e. The van der Waals surface area contributed by atoms with Crippen molar-refractivity contribution in [3.8, 4) is 11.8 Å². The quantitative estimate of drug-likeness (QED) is 0.391. The standard InChI is InChI=1S/C12H18N2.C10H6ClFO.CH2F2/c13-12-6-4-11(5-7-12)10-14-8-2-1-3-9-14;11-10-6-8(7-12)3-4-9(10)2-1-5-13;2-1-3/h4-7H,1-3,8-10,13H2;3-6H,7H2;1H2. The Morgan fingerprint density at radius 1 is 1.00 bits per heavy atom. The maximum atomic E-state index is 12.1. The van der Waals surface area contributed by atoms with Gasteiger partial charge in [0.1, 0.15) is 6.67 Å². The van der Waals surface area contributed by atoms with Gasteiger partial charge in [-0.3, -0.25) is 9.69 Å². The van der Waals surface area contributed by atoms with Gasteiger partial charge in [0.05, 0.1) is 5.02 Å². The van der Waals surface area contributed by atoms with E-state index in [2.05, 4.69) is 28.9 Å². The molecule has 1 saturated heterocycles. The van der Waals surface area contributed by atoms with Crippen LogP contribution in [0.25, 0.3) is 0 Å². The predicted molar refractivity (Wildman–Crippen MR) is 116 cm³/mol. The lowest BCUT2D eigenvalue weighted by Crippen LogP contribution is -2.29. The Morgan fingerprint density at radius 2 is 1.60 bits per heavy atom. The van der Waals surface area contributed by atoms with Crippen LogP contribution >= 0.6 is 11.6 Å². The number of carbonyl (C=O) groups is 1. The molecule has 0 spiro atoms. The summed E-state index contributed by atoms with van der Waals surface area (Å²) in [6.07, 6.45) is 4.60. The Kier molecular flexibility index (Phi) is 13.1. The number of hydrogen-bond acceptors (Lipinski definition) is 3. The normalized spacial score (nSPS) is 12.9.